The molecule has 1 saturated carbocycles. The summed E-state index contributed by atoms with van der Waals surface area (Å²) >= 11 is 0. The fourth-order valence-electron chi connectivity index (χ4n) is 1.76. The van der Waals surface area contributed by atoms with Crippen LogP contribution in [0.5, 0.6) is 0 Å². The maximum atomic E-state index is 11.8. The number of anilines is 1. The molecule has 2 N–H and O–H groups in total. The molecule has 7 heteroatoms. The monoisotopic (exact) mass is 286 g/mol. The molecule has 7 nitrogen and oxygen atoms in total. The van der Waals surface area contributed by atoms with Crippen LogP contribution in [0.4, 0.5) is 5.69 Å². The molecule has 0 aliphatic heterocycles. The second-order valence-electron chi connectivity index (χ2n) is 4.85. The number of amides is 2. The fourth-order valence-corrected chi connectivity index (χ4v) is 1.76. The van der Waals surface area contributed by atoms with E-state index in [1.54, 1.807) is 12.1 Å². The molecule has 1 aromatic heterocycles. The quantitative estimate of drug-likeness (QED) is 0.859. The van der Waals surface area contributed by atoms with Crippen LogP contribution in [0.2, 0.25) is 0 Å². The maximum absolute atomic E-state index is 11.8. The van der Waals surface area contributed by atoms with E-state index in [4.69, 9.17) is 4.52 Å². The number of carbonyl (C=O) groups is 2. The topological polar surface area (TPSA) is 97.1 Å². The number of hydrogen-bond acceptors (Lipinski definition) is 5. The summed E-state index contributed by atoms with van der Waals surface area (Å²) in [6.45, 7) is 0. The molecule has 0 saturated heterocycles. The standard InChI is InChI=1S/C14H14N4O3/c19-12(15-9-4-2-1-3-5-9)8-11-17-14(21-18-11)13(20)16-10-6-7-10/h1-5,10H,6-8H2,(H,15,19)(H,16,20). The lowest BCUT2D eigenvalue weighted by Crippen LogP contribution is -2.25. The smallest absolute Gasteiger partial charge is 0.315 e. The Kier molecular flexibility index (Phi) is 3.63. The van der Waals surface area contributed by atoms with Gasteiger partial charge in [0.1, 0.15) is 0 Å². The van der Waals surface area contributed by atoms with Crippen LogP contribution < -0.4 is 10.6 Å². The first-order valence-electron chi connectivity index (χ1n) is 6.69. The molecule has 1 aliphatic rings. The molecule has 2 amide bonds. The number of carbonyl (C=O) groups excluding carboxylic acids is 2. The molecule has 0 unspecified atom stereocenters. The summed E-state index contributed by atoms with van der Waals surface area (Å²) in [5.41, 5.74) is 0.692. The van der Waals surface area contributed by atoms with Crippen LogP contribution in [0.3, 0.4) is 0 Å². The van der Waals surface area contributed by atoms with Gasteiger partial charge in [-0.05, 0) is 25.0 Å². The number of nitrogens with zero attached hydrogens (tertiary/aromatic N) is 2. The zero-order valence-corrected chi connectivity index (χ0v) is 11.2. The second kappa shape index (κ2) is 5.74. The summed E-state index contributed by atoms with van der Waals surface area (Å²) in [5, 5.41) is 9.09. The predicted molar refractivity (Wildman–Crippen MR) is 73.6 cm³/mol. The van der Waals surface area contributed by atoms with E-state index < -0.39 is 0 Å². The number of rotatable bonds is 5. The van der Waals surface area contributed by atoms with Gasteiger partial charge in [-0.1, -0.05) is 23.4 Å². The van der Waals surface area contributed by atoms with Crippen molar-refractivity contribution in [3.05, 3.63) is 42.0 Å². The highest BCUT2D eigenvalue weighted by Gasteiger charge is 2.26. The van der Waals surface area contributed by atoms with Gasteiger partial charge in [-0.15, -0.1) is 0 Å². The lowest BCUT2D eigenvalue weighted by molar-refractivity contribution is -0.115. The molecule has 0 bridgehead atoms. The Morgan fingerprint density at radius 2 is 2.00 bits per heavy atom. The van der Waals surface area contributed by atoms with Gasteiger partial charge in [0, 0.05) is 11.7 Å². The third-order valence-electron chi connectivity index (χ3n) is 2.95. The molecule has 3 rings (SSSR count). The Morgan fingerprint density at radius 1 is 1.24 bits per heavy atom. The summed E-state index contributed by atoms with van der Waals surface area (Å²) in [4.78, 5) is 27.4. The molecule has 1 fully saturated rings. The van der Waals surface area contributed by atoms with Gasteiger partial charge in [0.15, 0.2) is 5.82 Å². The highest BCUT2D eigenvalue weighted by atomic mass is 16.5. The number of benzene rings is 1. The van der Waals surface area contributed by atoms with Crippen molar-refractivity contribution in [1.29, 1.82) is 0 Å². The van der Waals surface area contributed by atoms with E-state index >= 15 is 0 Å². The zero-order valence-electron chi connectivity index (χ0n) is 11.2. The van der Waals surface area contributed by atoms with E-state index in [-0.39, 0.29) is 36.0 Å². The van der Waals surface area contributed by atoms with Crippen LogP contribution in [0.25, 0.3) is 0 Å². The van der Waals surface area contributed by atoms with Crippen molar-refractivity contribution in [3.8, 4) is 0 Å². The van der Waals surface area contributed by atoms with Gasteiger partial charge in [-0.25, -0.2) is 0 Å². The summed E-state index contributed by atoms with van der Waals surface area (Å²) in [5.74, 6) is -0.579. The molecular formula is C14H14N4O3. The zero-order chi connectivity index (χ0) is 14.7. The van der Waals surface area contributed by atoms with E-state index in [0.29, 0.717) is 5.69 Å². The molecule has 2 aromatic rings. The Morgan fingerprint density at radius 3 is 2.71 bits per heavy atom. The normalized spacial score (nSPS) is 13.7. The lowest BCUT2D eigenvalue weighted by Gasteiger charge is -2.01. The number of aromatic nitrogens is 2. The maximum Gasteiger partial charge on any atom is 0.315 e. The van der Waals surface area contributed by atoms with Crippen LogP contribution in [0.1, 0.15) is 29.4 Å². The molecule has 0 radical (unpaired) electrons. The minimum absolute atomic E-state index is 0.0465. The molecule has 1 heterocycles. The Hall–Kier alpha value is -2.70. The summed E-state index contributed by atoms with van der Waals surface area (Å²) < 4.78 is 4.85. The average molecular weight is 286 g/mol. The van der Waals surface area contributed by atoms with Crippen LogP contribution in [0.15, 0.2) is 34.9 Å². The highest BCUT2D eigenvalue weighted by molar-refractivity contribution is 5.92. The molecule has 1 aliphatic carbocycles. The van der Waals surface area contributed by atoms with E-state index in [0.717, 1.165) is 12.8 Å². The van der Waals surface area contributed by atoms with E-state index in [2.05, 4.69) is 20.8 Å². The third kappa shape index (κ3) is 3.65. The SMILES string of the molecule is O=C(Cc1noc(C(=O)NC2CC2)n1)Nc1ccccc1. The van der Waals surface area contributed by atoms with Gasteiger partial charge < -0.3 is 15.2 Å². The second-order valence-corrected chi connectivity index (χ2v) is 4.85. The average Bonchev–Trinajstić information content (AvgIpc) is 3.16. The van der Waals surface area contributed by atoms with Crippen LogP contribution in [-0.2, 0) is 11.2 Å². The van der Waals surface area contributed by atoms with Crippen LogP contribution >= 0.6 is 0 Å². The van der Waals surface area contributed by atoms with E-state index in [9.17, 15) is 9.59 Å². The van der Waals surface area contributed by atoms with Gasteiger partial charge in [-0.3, -0.25) is 9.59 Å². The van der Waals surface area contributed by atoms with E-state index in [1.165, 1.54) is 0 Å². The van der Waals surface area contributed by atoms with Gasteiger partial charge in [0.2, 0.25) is 5.91 Å². The van der Waals surface area contributed by atoms with Gasteiger partial charge in [0.05, 0.1) is 6.42 Å². The van der Waals surface area contributed by atoms with Crippen molar-refractivity contribution in [2.24, 2.45) is 0 Å². The molecule has 0 atom stereocenters. The van der Waals surface area contributed by atoms with Crippen molar-refractivity contribution in [3.63, 3.8) is 0 Å². The van der Waals surface area contributed by atoms with E-state index in [1.807, 2.05) is 18.2 Å². The van der Waals surface area contributed by atoms with Gasteiger partial charge in [0.25, 0.3) is 0 Å². The molecular weight excluding hydrogens is 272 g/mol. The molecule has 0 spiro atoms. The van der Waals surface area contributed by atoms with Crippen molar-refractivity contribution in [2.75, 3.05) is 5.32 Å². The summed E-state index contributed by atoms with van der Waals surface area (Å²) in [7, 11) is 0. The number of nitrogens with one attached hydrogen (secondary N) is 2. The van der Waals surface area contributed by atoms with Gasteiger partial charge >= 0.3 is 11.8 Å². The molecule has 21 heavy (non-hydrogen) atoms. The lowest BCUT2D eigenvalue weighted by atomic mass is 10.3. The summed E-state index contributed by atoms with van der Waals surface area (Å²) in [6, 6.07) is 9.29. The molecule has 1 aromatic carbocycles. The van der Waals surface area contributed by atoms with Crippen molar-refractivity contribution < 1.29 is 14.1 Å². The largest absolute Gasteiger partial charge is 0.345 e. The minimum Gasteiger partial charge on any atom is -0.345 e. The minimum atomic E-state index is -0.389. The summed E-state index contributed by atoms with van der Waals surface area (Å²) in [6.07, 6.45) is 1.91. The Balaban J connectivity index is 1.56. The Bertz CT molecular complexity index is 649. The van der Waals surface area contributed by atoms with Crippen molar-refractivity contribution in [2.45, 2.75) is 25.3 Å². The van der Waals surface area contributed by atoms with Crippen LogP contribution in [-0.4, -0.2) is 28.0 Å². The Labute approximate surface area is 120 Å². The third-order valence-corrected chi connectivity index (χ3v) is 2.95. The predicted octanol–water partition coefficient (Wildman–Crippen LogP) is 1.14. The fraction of sp³-hybridized carbons (Fsp3) is 0.286. The van der Waals surface area contributed by atoms with Crippen LogP contribution in [0, 0.1) is 0 Å². The first kappa shape index (κ1) is 13.3. The first-order valence-corrected chi connectivity index (χ1v) is 6.69. The van der Waals surface area contributed by atoms with Crippen molar-refractivity contribution >= 4 is 17.5 Å². The highest BCUT2D eigenvalue weighted by Crippen LogP contribution is 2.19. The number of hydrogen-bond donors (Lipinski definition) is 2. The number of para-hydroxylation sites is 1. The van der Waals surface area contributed by atoms with Gasteiger partial charge in [-0.2, -0.15) is 4.98 Å². The molecule has 108 valence electrons. The van der Waals surface area contributed by atoms with Crippen molar-refractivity contribution in [1.82, 2.24) is 15.5 Å². The first-order chi connectivity index (χ1) is 10.2.